The molecular weight excluding hydrogens is 356 g/mol. The van der Waals surface area contributed by atoms with Crippen LogP contribution in [0.2, 0.25) is 0 Å². The summed E-state index contributed by atoms with van der Waals surface area (Å²) >= 11 is 0. The van der Waals surface area contributed by atoms with Crippen molar-refractivity contribution >= 4 is 23.3 Å². The number of carboxylic acids is 1. The largest absolute Gasteiger partial charge is 0.482 e. The van der Waals surface area contributed by atoms with E-state index in [0.717, 1.165) is 16.9 Å². The van der Waals surface area contributed by atoms with Crippen molar-refractivity contribution in [2.75, 3.05) is 16.8 Å². The molecule has 1 aliphatic heterocycles. The van der Waals surface area contributed by atoms with Gasteiger partial charge in [-0.25, -0.2) is 4.79 Å². The second-order valence-corrected chi connectivity index (χ2v) is 6.35. The second kappa shape index (κ2) is 7.44. The average molecular weight is 374 g/mol. The molecule has 0 saturated heterocycles. The lowest BCUT2D eigenvalue weighted by Crippen LogP contribution is -2.43. The molecule has 0 saturated carbocycles. The number of fused-ring (bicyclic) bond motifs is 1. The molecule has 0 unspecified atom stereocenters. The monoisotopic (exact) mass is 374 g/mol. The molecule has 2 N–H and O–H groups in total. The third kappa shape index (κ3) is 3.40. The molecule has 0 aromatic heterocycles. The maximum atomic E-state index is 13.2. The fourth-order valence-electron chi connectivity index (χ4n) is 3.23. The van der Waals surface area contributed by atoms with Crippen LogP contribution in [0.15, 0.2) is 78.9 Å². The Balaban J connectivity index is 1.71. The van der Waals surface area contributed by atoms with Gasteiger partial charge >= 0.3 is 5.97 Å². The summed E-state index contributed by atoms with van der Waals surface area (Å²) < 4.78 is 5.20. The molecule has 0 fully saturated rings. The molecule has 1 aliphatic rings. The number of carboxylic acid groups (broad SMARTS) is 1. The summed E-state index contributed by atoms with van der Waals surface area (Å²) in [6.07, 6.45) is -0.404. The van der Waals surface area contributed by atoms with Gasteiger partial charge in [0.05, 0.1) is 5.56 Å². The lowest BCUT2D eigenvalue weighted by atomic mass is 10.0. The number of ether oxygens (including phenoxy) is 1. The number of aliphatic carboxylic acids is 1. The average Bonchev–Trinajstić information content (AvgIpc) is 2.73. The predicted molar refractivity (Wildman–Crippen MR) is 106 cm³/mol. The summed E-state index contributed by atoms with van der Waals surface area (Å²) in [5, 5.41) is 12.2. The van der Waals surface area contributed by atoms with Crippen LogP contribution < -0.4 is 15.0 Å². The van der Waals surface area contributed by atoms with E-state index in [1.165, 1.54) is 0 Å². The van der Waals surface area contributed by atoms with Gasteiger partial charge in [0.25, 0.3) is 5.91 Å². The van der Waals surface area contributed by atoms with E-state index in [1.54, 1.807) is 23.1 Å². The van der Waals surface area contributed by atoms with Crippen molar-refractivity contribution in [3.05, 3.63) is 90.0 Å². The maximum absolute atomic E-state index is 13.2. The van der Waals surface area contributed by atoms with E-state index in [-0.39, 0.29) is 5.91 Å². The Hall–Kier alpha value is -3.80. The van der Waals surface area contributed by atoms with Crippen molar-refractivity contribution in [1.82, 2.24) is 0 Å². The smallest absolute Gasteiger partial charge is 0.341 e. The van der Waals surface area contributed by atoms with Gasteiger partial charge in [-0.3, -0.25) is 9.69 Å². The zero-order chi connectivity index (χ0) is 19.5. The predicted octanol–water partition coefficient (Wildman–Crippen LogP) is 3.92. The van der Waals surface area contributed by atoms with Crippen LogP contribution in [0.4, 0.5) is 11.4 Å². The summed E-state index contributed by atoms with van der Waals surface area (Å²) in [5.74, 6) is -0.660. The Bertz CT molecular complexity index is 1000. The lowest BCUT2D eigenvalue weighted by molar-refractivity contribution is -0.139. The fraction of sp³-hybridized carbons (Fsp3) is 0.0909. The van der Waals surface area contributed by atoms with Gasteiger partial charge in [-0.1, -0.05) is 42.5 Å². The molecule has 3 aromatic rings. The Kier molecular flexibility index (Phi) is 4.68. The molecule has 6 nitrogen and oxygen atoms in total. The number of carbonyl (C=O) groups is 2. The van der Waals surface area contributed by atoms with Gasteiger partial charge in [-0.15, -0.1) is 0 Å². The highest BCUT2D eigenvalue weighted by atomic mass is 16.5. The van der Waals surface area contributed by atoms with Crippen LogP contribution >= 0.6 is 0 Å². The number of amides is 1. The van der Waals surface area contributed by atoms with Crippen LogP contribution in [-0.2, 0) is 4.79 Å². The molecule has 0 bridgehead atoms. The standard InChI is InChI=1S/C22H18N2O4/c25-20(26)14-28-17-12-10-15(11-13-17)21-23-19-9-5-4-8-18(19)22(27)24(21)16-6-2-1-3-7-16/h1-13,21,23H,14H2,(H,25,26)/t21-/m0/s1. The number of hydrogen-bond donors (Lipinski definition) is 2. The Morgan fingerprint density at radius 2 is 1.64 bits per heavy atom. The highest BCUT2D eigenvalue weighted by Crippen LogP contribution is 2.36. The third-order valence-corrected chi connectivity index (χ3v) is 4.52. The first-order valence-corrected chi connectivity index (χ1v) is 8.82. The summed E-state index contributed by atoms with van der Waals surface area (Å²) in [7, 11) is 0. The molecule has 1 atom stereocenters. The molecule has 140 valence electrons. The normalized spacial score (nSPS) is 15.5. The van der Waals surface area contributed by atoms with Gasteiger partial charge in [-0.05, 0) is 42.0 Å². The lowest BCUT2D eigenvalue weighted by Gasteiger charge is -2.38. The molecule has 1 heterocycles. The van der Waals surface area contributed by atoms with Gasteiger partial charge in [0.2, 0.25) is 0 Å². The van der Waals surface area contributed by atoms with Crippen LogP contribution in [0.25, 0.3) is 0 Å². The van der Waals surface area contributed by atoms with E-state index in [0.29, 0.717) is 11.3 Å². The Morgan fingerprint density at radius 3 is 2.36 bits per heavy atom. The van der Waals surface area contributed by atoms with E-state index in [9.17, 15) is 9.59 Å². The molecule has 0 aliphatic carbocycles. The van der Waals surface area contributed by atoms with Gasteiger partial charge in [0.1, 0.15) is 11.9 Å². The highest BCUT2D eigenvalue weighted by molar-refractivity contribution is 6.12. The van der Waals surface area contributed by atoms with Crippen LogP contribution in [0.1, 0.15) is 22.1 Å². The first-order valence-electron chi connectivity index (χ1n) is 8.82. The molecule has 28 heavy (non-hydrogen) atoms. The van der Waals surface area contributed by atoms with Gasteiger partial charge in [0.15, 0.2) is 6.61 Å². The van der Waals surface area contributed by atoms with Crippen LogP contribution in [0, 0.1) is 0 Å². The minimum atomic E-state index is -1.03. The molecule has 0 radical (unpaired) electrons. The first kappa shape index (κ1) is 17.6. The third-order valence-electron chi connectivity index (χ3n) is 4.52. The van der Waals surface area contributed by atoms with E-state index in [4.69, 9.17) is 9.84 Å². The molecule has 6 heteroatoms. The first-order chi connectivity index (χ1) is 13.6. The number of anilines is 2. The van der Waals surface area contributed by atoms with Crippen molar-refractivity contribution in [3.8, 4) is 5.75 Å². The summed E-state index contributed by atoms with van der Waals surface area (Å²) in [5.41, 5.74) is 3.03. The number of nitrogens with one attached hydrogen (secondary N) is 1. The van der Waals surface area contributed by atoms with Crippen molar-refractivity contribution in [1.29, 1.82) is 0 Å². The van der Waals surface area contributed by atoms with Crippen molar-refractivity contribution < 1.29 is 19.4 Å². The number of hydrogen-bond acceptors (Lipinski definition) is 4. The molecule has 0 spiro atoms. The van der Waals surface area contributed by atoms with Crippen LogP contribution in [-0.4, -0.2) is 23.6 Å². The number of carbonyl (C=O) groups excluding carboxylic acids is 1. The van der Waals surface area contributed by atoms with E-state index >= 15 is 0 Å². The van der Waals surface area contributed by atoms with Crippen LogP contribution in [0.5, 0.6) is 5.75 Å². The zero-order valence-corrected chi connectivity index (χ0v) is 14.9. The quantitative estimate of drug-likeness (QED) is 0.708. The van der Waals surface area contributed by atoms with Crippen molar-refractivity contribution in [2.45, 2.75) is 6.17 Å². The topological polar surface area (TPSA) is 78.9 Å². The molecule has 1 amide bonds. The van der Waals surface area contributed by atoms with Gasteiger partial charge in [-0.2, -0.15) is 0 Å². The van der Waals surface area contributed by atoms with E-state index < -0.39 is 18.7 Å². The number of rotatable bonds is 5. The van der Waals surface area contributed by atoms with Gasteiger partial charge < -0.3 is 15.2 Å². The summed E-state index contributed by atoms with van der Waals surface area (Å²) in [4.78, 5) is 25.6. The maximum Gasteiger partial charge on any atom is 0.341 e. The Morgan fingerprint density at radius 1 is 0.964 bits per heavy atom. The van der Waals surface area contributed by atoms with E-state index in [1.807, 2.05) is 60.7 Å². The van der Waals surface area contributed by atoms with Crippen molar-refractivity contribution in [3.63, 3.8) is 0 Å². The minimum Gasteiger partial charge on any atom is -0.482 e. The summed E-state index contributed by atoms with van der Waals surface area (Å²) in [6.45, 7) is -0.400. The number of para-hydroxylation sites is 2. The van der Waals surface area contributed by atoms with Crippen LogP contribution in [0.3, 0.4) is 0 Å². The van der Waals surface area contributed by atoms with E-state index in [2.05, 4.69) is 5.32 Å². The second-order valence-electron chi connectivity index (χ2n) is 6.35. The fourth-order valence-corrected chi connectivity index (χ4v) is 3.23. The number of nitrogens with zero attached hydrogens (tertiary/aromatic N) is 1. The number of benzene rings is 3. The highest BCUT2D eigenvalue weighted by Gasteiger charge is 2.33. The molecular formula is C22H18N2O4. The molecule has 4 rings (SSSR count). The van der Waals surface area contributed by atoms with Crippen molar-refractivity contribution in [2.24, 2.45) is 0 Å². The summed E-state index contributed by atoms with van der Waals surface area (Å²) in [6, 6.07) is 23.9. The van der Waals surface area contributed by atoms with Gasteiger partial charge in [0, 0.05) is 11.4 Å². The molecule has 3 aromatic carbocycles. The minimum absolute atomic E-state index is 0.0863. The zero-order valence-electron chi connectivity index (χ0n) is 14.9. The Labute approximate surface area is 162 Å². The SMILES string of the molecule is O=C(O)COc1ccc([C@H]2Nc3ccccc3C(=O)N2c2ccccc2)cc1.